The van der Waals surface area contributed by atoms with Gasteiger partial charge in [-0.05, 0) is 0 Å². The number of ether oxygens (including phenoxy) is 1. The minimum absolute atomic E-state index is 0.105. The van der Waals surface area contributed by atoms with E-state index in [0.29, 0.717) is 0 Å². The van der Waals surface area contributed by atoms with Crippen molar-refractivity contribution >= 4 is 11.9 Å². The van der Waals surface area contributed by atoms with E-state index < -0.39 is 5.97 Å². The normalized spacial score (nSPS) is 9.47. The number of hydrogen-bond acceptors (Lipinski definition) is 5. The van der Waals surface area contributed by atoms with Crippen LogP contribution in [0.5, 0.6) is 0 Å². The smallest absolute Gasteiger partial charge is 0.325 e. The lowest BCUT2D eigenvalue weighted by molar-refractivity contribution is -0.141. The van der Waals surface area contributed by atoms with Gasteiger partial charge in [0.25, 0.3) is 5.91 Å². The highest BCUT2D eigenvalue weighted by molar-refractivity contribution is 5.93. The van der Waals surface area contributed by atoms with Gasteiger partial charge in [-0.15, -0.1) is 0 Å². The van der Waals surface area contributed by atoms with Crippen molar-refractivity contribution < 1.29 is 14.3 Å². The van der Waals surface area contributed by atoms with Gasteiger partial charge in [0.15, 0.2) is 0 Å². The third kappa shape index (κ3) is 3.01. The summed E-state index contributed by atoms with van der Waals surface area (Å²) in [4.78, 5) is 31.3. The van der Waals surface area contributed by atoms with E-state index in [2.05, 4.69) is 14.7 Å². The number of methoxy groups -OCH3 is 1. The molecule has 0 N–H and O–H groups in total. The Hall–Kier alpha value is -1.98. The SMILES string of the molecule is COC(=O)CN(C)C(=O)c1cnccn1. The third-order valence-electron chi connectivity index (χ3n) is 1.72. The fourth-order valence-corrected chi connectivity index (χ4v) is 0.935. The highest BCUT2D eigenvalue weighted by Gasteiger charge is 2.15. The van der Waals surface area contributed by atoms with Crippen LogP contribution in [-0.4, -0.2) is 47.4 Å². The van der Waals surface area contributed by atoms with E-state index in [1.54, 1.807) is 0 Å². The van der Waals surface area contributed by atoms with E-state index in [1.165, 1.54) is 37.6 Å². The largest absolute Gasteiger partial charge is 0.468 e. The van der Waals surface area contributed by atoms with E-state index in [1.807, 2.05) is 0 Å². The molecule has 1 rings (SSSR count). The third-order valence-corrected chi connectivity index (χ3v) is 1.72. The van der Waals surface area contributed by atoms with Gasteiger partial charge < -0.3 is 9.64 Å². The monoisotopic (exact) mass is 209 g/mol. The molecule has 0 saturated carbocycles. The van der Waals surface area contributed by atoms with Crippen molar-refractivity contribution in [1.29, 1.82) is 0 Å². The summed E-state index contributed by atoms with van der Waals surface area (Å²) in [5, 5.41) is 0. The molecule has 80 valence electrons. The molecule has 0 aromatic carbocycles. The van der Waals surface area contributed by atoms with Crippen molar-refractivity contribution in [3.05, 3.63) is 24.3 Å². The summed E-state index contributed by atoms with van der Waals surface area (Å²) in [7, 11) is 2.76. The molecule has 1 aromatic heterocycles. The Morgan fingerprint density at radius 2 is 2.20 bits per heavy atom. The summed E-state index contributed by atoms with van der Waals surface area (Å²) in [6.45, 7) is -0.105. The molecular formula is C9H11N3O3. The maximum absolute atomic E-state index is 11.6. The van der Waals surface area contributed by atoms with Crippen molar-refractivity contribution in [2.24, 2.45) is 0 Å². The first-order valence-electron chi connectivity index (χ1n) is 4.23. The molecule has 0 spiro atoms. The summed E-state index contributed by atoms with van der Waals surface area (Å²) in [5.74, 6) is -0.844. The minimum atomic E-state index is -0.477. The second kappa shape index (κ2) is 5.04. The van der Waals surface area contributed by atoms with Crippen LogP contribution >= 0.6 is 0 Å². The molecule has 0 radical (unpaired) electrons. The zero-order chi connectivity index (χ0) is 11.3. The predicted molar refractivity (Wildman–Crippen MR) is 51.0 cm³/mol. The first-order chi connectivity index (χ1) is 7.15. The van der Waals surface area contributed by atoms with Crippen molar-refractivity contribution in [2.45, 2.75) is 0 Å². The Kier molecular flexibility index (Phi) is 3.73. The molecule has 0 aliphatic heterocycles. The highest BCUT2D eigenvalue weighted by Crippen LogP contribution is 1.97. The van der Waals surface area contributed by atoms with Crippen LogP contribution in [0.4, 0.5) is 0 Å². The molecule has 6 heteroatoms. The highest BCUT2D eigenvalue weighted by atomic mass is 16.5. The van der Waals surface area contributed by atoms with E-state index in [4.69, 9.17) is 0 Å². The number of esters is 1. The maximum atomic E-state index is 11.6. The van der Waals surface area contributed by atoms with Gasteiger partial charge in [-0.1, -0.05) is 0 Å². The summed E-state index contributed by atoms with van der Waals surface area (Å²) in [5.41, 5.74) is 0.198. The van der Waals surface area contributed by atoms with Crippen molar-refractivity contribution in [1.82, 2.24) is 14.9 Å². The van der Waals surface area contributed by atoms with Crippen molar-refractivity contribution in [2.75, 3.05) is 20.7 Å². The quantitative estimate of drug-likeness (QED) is 0.640. The number of hydrogen-bond donors (Lipinski definition) is 0. The van der Waals surface area contributed by atoms with E-state index in [-0.39, 0.29) is 18.1 Å². The Balaban J connectivity index is 2.65. The fraction of sp³-hybridized carbons (Fsp3) is 0.333. The molecule has 0 unspecified atom stereocenters. The summed E-state index contributed by atoms with van der Waals surface area (Å²) in [6, 6.07) is 0. The molecule has 0 bridgehead atoms. The molecule has 0 fully saturated rings. The van der Waals surface area contributed by atoms with Crippen LogP contribution in [0.2, 0.25) is 0 Å². The van der Waals surface area contributed by atoms with Gasteiger partial charge in [0.05, 0.1) is 13.3 Å². The van der Waals surface area contributed by atoms with E-state index in [9.17, 15) is 9.59 Å². The molecule has 1 heterocycles. The Morgan fingerprint density at radius 3 is 2.73 bits per heavy atom. The van der Waals surface area contributed by atoms with Crippen LogP contribution in [0.3, 0.4) is 0 Å². The van der Waals surface area contributed by atoms with Gasteiger partial charge in [0.1, 0.15) is 12.2 Å². The van der Waals surface area contributed by atoms with Crippen molar-refractivity contribution in [3.63, 3.8) is 0 Å². The standard InChI is InChI=1S/C9H11N3O3/c1-12(6-8(13)15-2)9(14)7-5-10-3-4-11-7/h3-5H,6H2,1-2H3. The molecule has 0 saturated heterocycles. The van der Waals surface area contributed by atoms with Gasteiger partial charge in [-0.3, -0.25) is 14.6 Å². The molecule has 15 heavy (non-hydrogen) atoms. The lowest BCUT2D eigenvalue weighted by Crippen LogP contribution is -2.33. The van der Waals surface area contributed by atoms with Gasteiger partial charge in [-0.2, -0.15) is 0 Å². The van der Waals surface area contributed by atoms with E-state index in [0.717, 1.165) is 0 Å². The number of rotatable bonds is 3. The lowest BCUT2D eigenvalue weighted by Gasteiger charge is -2.14. The molecule has 0 aliphatic carbocycles. The van der Waals surface area contributed by atoms with E-state index >= 15 is 0 Å². The van der Waals surface area contributed by atoms with Gasteiger partial charge in [0, 0.05) is 19.4 Å². The molecule has 1 amide bonds. The summed E-state index contributed by atoms with van der Waals surface area (Å²) in [6.07, 6.45) is 4.23. The summed E-state index contributed by atoms with van der Waals surface area (Å²) >= 11 is 0. The molecule has 0 atom stereocenters. The van der Waals surface area contributed by atoms with Crippen molar-refractivity contribution in [3.8, 4) is 0 Å². The number of carbonyl (C=O) groups is 2. The minimum Gasteiger partial charge on any atom is -0.468 e. The average molecular weight is 209 g/mol. The number of likely N-dealkylation sites (N-methyl/N-ethyl adjacent to an activating group) is 1. The predicted octanol–water partition coefficient (Wildman–Crippen LogP) is -0.278. The number of carbonyl (C=O) groups excluding carboxylic acids is 2. The number of aromatic nitrogens is 2. The maximum Gasteiger partial charge on any atom is 0.325 e. The van der Waals surface area contributed by atoms with Gasteiger partial charge >= 0.3 is 5.97 Å². The topological polar surface area (TPSA) is 72.4 Å². The number of nitrogens with zero attached hydrogens (tertiary/aromatic N) is 3. The molecule has 6 nitrogen and oxygen atoms in total. The first kappa shape index (κ1) is 11.1. The van der Waals surface area contributed by atoms with Crippen LogP contribution < -0.4 is 0 Å². The van der Waals surface area contributed by atoms with Crippen LogP contribution in [0.25, 0.3) is 0 Å². The summed E-state index contributed by atoms with van der Waals surface area (Å²) < 4.78 is 4.44. The second-order valence-corrected chi connectivity index (χ2v) is 2.83. The molecular weight excluding hydrogens is 198 g/mol. The van der Waals surface area contributed by atoms with Crippen LogP contribution in [0, 0.1) is 0 Å². The second-order valence-electron chi connectivity index (χ2n) is 2.83. The van der Waals surface area contributed by atoms with Gasteiger partial charge in [0.2, 0.25) is 0 Å². The van der Waals surface area contributed by atoms with Crippen LogP contribution in [0.1, 0.15) is 10.5 Å². The van der Waals surface area contributed by atoms with Crippen LogP contribution in [-0.2, 0) is 9.53 Å². The number of amides is 1. The molecule has 1 aromatic rings. The van der Waals surface area contributed by atoms with Crippen LogP contribution in [0.15, 0.2) is 18.6 Å². The average Bonchev–Trinajstić information content (AvgIpc) is 2.29. The fourth-order valence-electron chi connectivity index (χ4n) is 0.935. The molecule has 0 aliphatic rings. The lowest BCUT2D eigenvalue weighted by atomic mass is 10.4. The Bertz CT molecular complexity index is 353. The Labute approximate surface area is 86.9 Å². The Morgan fingerprint density at radius 1 is 1.47 bits per heavy atom. The zero-order valence-corrected chi connectivity index (χ0v) is 8.51. The van der Waals surface area contributed by atoms with Gasteiger partial charge in [-0.25, -0.2) is 4.98 Å². The zero-order valence-electron chi connectivity index (χ0n) is 8.51. The first-order valence-corrected chi connectivity index (χ1v) is 4.23.